The van der Waals surface area contributed by atoms with Crippen molar-refractivity contribution in [3.8, 4) is 0 Å². The van der Waals surface area contributed by atoms with Gasteiger partial charge in [0.15, 0.2) is 11.6 Å². The number of nitrogens with one attached hydrogen (secondary N) is 1. The summed E-state index contributed by atoms with van der Waals surface area (Å²) in [5.74, 6) is -0.387. The molecule has 1 aliphatic heterocycles. The van der Waals surface area contributed by atoms with Gasteiger partial charge in [0, 0.05) is 30.8 Å². The number of aromatic nitrogens is 3. The molecule has 0 amide bonds. The topological polar surface area (TPSA) is 53.9 Å². The zero-order chi connectivity index (χ0) is 21.5. The number of fused-ring (bicyclic) bond motifs is 1. The van der Waals surface area contributed by atoms with Crippen LogP contribution < -0.4 is 10.2 Å². The van der Waals surface area contributed by atoms with Gasteiger partial charge in [-0.1, -0.05) is 6.07 Å². The van der Waals surface area contributed by atoms with Crippen molar-refractivity contribution in [2.24, 2.45) is 5.92 Å². The second-order valence-electron chi connectivity index (χ2n) is 8.20. The monoisotopic (exact) mass is 491 g/mol. The van der Waals surface area contributed by atoms with Crippen molar-refractivity contribution in [1.82, 2.24) is 15.0 Å². The minimum Gasteiger partial charge on any atom is -0.364 e. The zero-order valence-corrected chi connectivity index (χ0v) is 18.2. The summed E-state index contributed by atoms with van der Waals surface area (Å²) in [5, 5.41) is 3.45. The fraction of sp³-hybridized carbons (Fsp3) is 0.409. The molecule has 1 atom stereocenters. The molecule has 1 saturated heterocycles. The smallest absolute Gasteiger partial charge is 0.172 e. The molecule has 3 heterocycles. The van der Waals surface area contributed by atoms with Crippen molar-refractivity contribution in [3.05, 3.63) is 52.3 Å². The van der Waals surface area contributed by atoms with E-state index in [-0.39, 0.29) is 11.5 Å². The maximum absolute atomic E-state index is 15.0. The molecule has 3 aromatic rings. The Kier molecular flexibility index (Phi) is 5.45. The lowest BCUT2D eigenvalue weighted by molar-refractivity contribution is 0.193. The van der Waals surface area contributed by atoms with Crippen molar-refractivity contribution in [2.75, 3.05) is 23.3 Å². The van der Waals surface area contributed by atoms with Crippen LogP contribution in [0.4, 0.5) is 24.8 Å². The van der Waals surface area contributed by atoms with Crippen LogP contribution in [0.15, 0.2) is 35.1 Å². The Morgan fingerprint density at radius 3 is 2.52 bits per heavy atom. The minimum absolute atomic E-state index is 0.0706. The standard InChI is InChI=1S/C22H21BrF3N5/c23-19-10-17-18(11-27-19)29-21(28-14-2-3-14)22(30-17)31-7-5-12(6-8-31)20(26)15-4-1-13(24)9-16(15)25/h1,4,9-12,14,20H,2-3,5-8H2,(H,28,29). The fourth-order valence-electron chi connectivity index (χ4n) is 4.05. The Balaban J connectivity index is 1.36. The van der Waals surface area contributed by atoms with Gasteiger partial charge in [0.2, 0.25) is 0 Å². The molecule has 9 heteroatoms. The first-order valence-corrected chi connectivity index (χ1v) is 11.2. The first kappa shape index (κ1) is 20.5. The van der Waals surface area contributed by atoms with E-state index in [9.17, 15) is 8.78 Å². The highest BCUT2D eigenvalue weighted by atomic mass is 79.9. The third-order valence-corrected chi connectivity index (χ3v) is 6.36. The number of piperidine rings is 1. The minimum atomic E-state index is -1.46. The molecule has 0 bridgehead atoms. The van der Waals surface area contributed by atoms with Crippen molar-refractivity contribution in [1.29, 1.82) is 0 Å². The Morgan fingerprint density at radius 2 is 1.81 bits per heavy atom. The van der Waals surface area contributed by atoms with E-state index in [2.05, 4.69) is 31.1 Å². The van der Waals surface area contributed by atoms with E-state index in [1.165, 1.54) is 6.07 Å². The fourth-order valence-corrected chi connectivity index (χ4v) is 4.37. The molecule has 5 rings (SSSR count). The van der Waals surface area contributed by atoms with E-state index >= 15 is 4.39 Å². The number of rotatable bonds is 5. The summed E-state index contributed by atoms with van der Waals surface area (Å²) in [6, 6.07) is 5.29. The van der Waals surface area contributed by atoms with Gasteiger partial charge < -0.3 is 10.2 Å². The molecule has 2 aliphatic rings. The van der Waals surface area contributed by atoms with Crippen LogP contribution in [-0.4, -0.2) is 34.1 Å². The molecule has 2 fully saturated rings. The number of halogens is 4. The highest BCUT2D eigenvalue weighted by molar-refractivity contribution is 9.10. The predicted octanol–water partition coefficient (Wildman–Crippen LogP) is 5.57. The van der Waals surface area contributed by atoms with Gasteiger partial charge in [-0.15, -0.1) is 0 Å². The Labute approximate surface area is 186 Å². The van der Waals surface area contributed by atoms with Gasteiger partial charge in [-0.25, -0.2) is 28.1 Å². The van der Waals surface area contributed by atoms with Gasteiger partial charge in [-0.05, 0) is 59.7 Å². The van der Waals surface area contributed by atoms with Crippen molar-refractivity contribution >= 4 is 38.6 Å². The number of pyridine rings is 1. The lowest BCUT2D eigenvalue weighted by atomic mass is 9.88. The SMILES string of the molecule is Fc1ccc(C(F)C2CCN(c3nc4cc(Br)ncc4nc3NC3CC3)CC2)c(F)c1. The lowest BCUT2D eigenvalue weighted by Gasteiger charge is -2.35. The number of anilines is 2. The van der Waals surface area contributed by atoms with E-state index < -0.39 is 17.8 Å². The number of hydrogen-bond donors (Lipinski definition) is 1. The largest absolute Gasteiger partial charge is 0.364 e. The third-order valence-electron chi connectivity index (χ3n) is 5.93. The van der Waals surface area contributed by atoms with E-state index in [4.69, 9.17) is 9.97 Å². The van der Waals surface area contributed by atoms with Crippen LogP contribution in [0.5, 0.6) is 0 Å². The Bertz CT molecular complexity index is 1120. The van der Waals surface area contributed by atoms with Gasteiger partial charge in [-0.2, -0.15) is 0 Å². The molecule has 1 saturated carbocycles. The molecule has 1 aromatic carbocycles. The molecule has 31 heavy (non-hydrogen) atoms. The molecule has 2 aromatic heterocycles. The van der Waals surface area contributed by atoms with E-state index in [1.54, 1.807) is 6.20 Å². The molecule has 1 unspecified atom stereocenters. The second kappa shape index (κ2) is 8.26. The number of hydrogen-bond acceptors (Lipinski definition) is 5. The quantitative estimate of drug-likeness (QED) is 0.473. The predicted molar refractivity (Wildman–Crippen MR) is 117 cm³/mol. The first-order valence-electron chi connectivity index (χ1n) is 10.4. The Morgan fingerprint density at radius 1 is 1.03 bits per heavy atom. The van der Waals surface area contributed by atoms with Gasteiger partial charge >= 0.3 is 0 Å². The van der Waals surface area contributed by atoms with Gasteiger partial charge in [-0.3, -0.25) is 0 Å². The first-order chi connectivity index (χ1) is 15.0. The average Bonchev–Trinajstić information content (AvgIpc) is 3.57. The lowest BCUT2D eigenvalue weighted by Crippen LogP contribution is -2.36. The molecule has 5 nitrogen and oxygen atoms in total. The normalized spacial score (nSPS) is 18.4. The van der Waals surface area contributed by atoms with Crippen LogP contribution >= 0.6 is 15.9 Å². The molecule has 0 spiro atoms. The van der Waals surface area contributed by atoms with Crippen LogP contribution in [0.2, 0.25) is 0 Å². The summed E-state index contributed by atoms with van der Waals surface area (Å²) in [6.07, 6.45) is 3.52. The van der Waals surface area contributed by atoms with Crippen LogP contribution in [-0.2, 0) is 0 Å². The van der Waals surface area contributed by atoms with Crippen molar-refractivity contribution in [3.63, 3.8) is 0 Å². The average molecular weight is 492 g/mol. The maximum atomic E-state index is 15.0. The molecular weight excluding hydrogens is 471 g/mol. The summed E-state index contributed by atoms with van der Waals surface area (Å²) in [6.45, 7) is 1.17. The van der Waals surface area contributed by atoms with Gasteiger partial charge in [0.25, 0.3) is 0 Å². The van der Waals surface area contributed by atoms with E-state index in [0.29, 0.717) is 42.1 Å². The summed E-state index contributed by atoms with van der Waals surface area (Å²) in [7, 11) is 0. The maximum Gasteiger partial charge on any atom is 0.172 e. The number of nitrogens with zero attached hydrogens (tertiary/aromatic N) is 4. The highest BCUT2D eigenvalue weighted by Gasteiger charge is 2.32. The summed E-state index contributed by atoms with van der Waals surface area (Å²) < 4.78 is 42.9. The summed E-state index contributed by atoms with van der Waals surface area (Å²) in [5.41, 5.74) is 1.37. The van der Waals surface area contributed by atoms with Gasteiger partial charge in [0.1, 0.15) is 27.9 Å². The van der Waals surface area contributed by atoms with E-state index in [0.717, 1.165) is 42.1 Å². The number of benzene rings is 1. The molecular formula is C22H21BrF3N5. The van der Waals surface area contributed by atoms with Crippen LogP contribution in [0.1, 0.15) is 37.4 Å². The van der Waals surface area contributed by atoms with Gasteiger partial charge in [0.05, 0.1) is 11.7 Å². The zero-order valence-electron chi connectivity index (χ0n) is 16.7. The molecule has 1 N–H and O–H groups in total. The number of alkyl halides is 1. The van der Waals surface area contributed by atoms with Crippen LogP contribution in [0.3, 0.4) is 0 Å². The highest BCUT2D eigenvalue weighted by Crippen LogP contribution is 2.38. The molecule has 1 aliphatic carbocycles. The Hall–Kier alpha value is -2.42. The van der Waals surface area contributed by atoms with Crippen LogP contribution in [0.25, 0.3) is 11.0 Å². The van der Waals surface area contributed by atoms with Crippen molar-refractivity contribution in [2.45, 2.75) is 37.9 Å². The summed E-state index contributed by atoms with van der Waals surface area (Å²) in [4.78, 5) is 15.9. The molecule has 162 valence electrons. The van der Waals surface area contributed by atoms with E-state index in [1.807, 2.05) is 6.07 Å². The van der Waals surface area contributed by atoms with Crippen molar-refractivity contribution < 1.29 is 13.2 Å². The molecule has 0 radical (unpaired) electrons. The van der Waals surface area contributed by atoms with Crippen LogP contribution in [0, 0.1) is 17.6 Å². The summed E-state index contributed by atoms with van der Waals surface area (Å²) >= 11 is 3.37. The second-order valence-corrected chi connectivity index (χ2v) is 9.01. The third kappa shape index (κ3) is 4.33.